The van der Waals surface area contributed by atoms with Crippen LogP contribution in [-0.4, -0.2) is 60.0 Å². The molecule has 40 heavy (non-hydrogen) atoms. The van der Waals surface area contributed by atoms with Crippen LogP contribution >= 0.6 is 0 Å². The minimum absolute atomic E-state index is 0.0523. The van der Waals surface area contributed by atoms with Crippen LogP contribution in [0.1, 0.15) is 40.5 Å². The third-order valence-corrected chi connectivity index (χ3v) is 7.32. The predicted molar refractivity (Wildman–Crippen MR) is 150 cm³/mol. The van der Waals surface area contributed by atoms with E-state index in [1.807, 2.05) is 36.6 Å². The molecule has 1 fully saturated rings. The maximum Gasteiger partial charge on any atom is 0.416 e. The molecule has 0 aliphatic carbocycles. The molecule has 5 rings (SSSR count). The molecule has 0 saturated carbocycles. The van der Waals surface area contributed by atoms with Crippen molar-refractivity contribution in [3.8, 4) is 0 Å². The van der Waals surface area contributed by atoms with Gasteiger partial charge in [0.15, 0.2) is 0 Å². The minimum atomic E-state index is -4.56. The zero-order valence-corrected chi connectivity index (χ0v) is 22.7. The van der Waals surface area contributed by atoms with Gasteiger partial charge in [-0.2, -0.15) is 13.2 Å². The Labute approximate surface area is 231 Å². The number of anilines is 3. The smallest absolute Gasteiger partial charge is 0.368 e. The molecule has 11 heteroatoms. The Kier molecular flexibility index (Phi) is 7.77. The van der Waals surface area contributed by atoms with Gasteiger partial charge >= 0.3 is 6.18 Å². The van der Waals surface area contributed by atoms with E-state index in [0.29, 0.717) is 5.69 Å². The zero-order chi connectivity index (χ0) is 28.4. The summed E-state index contributed by atoms with van der Waals surface area (Å²) >= 11 is 0. The van der Waals surface area contributed by atoms with Crippen molar-refractivity contribution in [2.75, 3.05) is 48.5 Å². The SMILES string of the molecule is CCC1NN(c2cc(NC(=O)c3cc(C(F)(F)F)ccn3)ccc2C)C=C1c1cncc(N2CCN(C)CC2)c1. The molecule has 2 aromatic heterocycles. The number of aromatic nitrogens is 2. The maximum atomic E-state index is 13.1. The Morgan fingerprint density at radius 2 is 1.88 bits per heavy atom. The van der Waals surface area contributed by atoms with E-state index in [2.05, 4.69) is 50.5 Å². The number of amides is 1. The lowest BCUT2D eigenvalue weighted by Gasteiger charge is -2.34. The van der Waals surface area contributed by atoms with Gasteiger partial charge in [0.2, 0.25) is 0 Å². The van der Waals surface area contributed by atoms with Crippen LogP contribution < -0.4 is 20.7 Å². The summed E-state index contributed by atoms with van der Waals surface area (Å²) in [5.41, 5.74) is 7.76. The van der Waals surface area contributed by atoms with Gasteiger partial charge in [0.25, 0.3) is 5.91 Å². The van der Waals surface area contributed by atoms with Gasteiger partial charge in [-0.1, -0.05) is 13.0 Å². The highest BCUT2D eigenvalue weighted by Gasteiger charge is 2.31. The molecular weight excluding hydrogens is 519 g/mol. The van der Waals surface area contributed by atoms with E-state index in [4.69, 9.17) is 0 Å². The Morgan fingerprint density at radius 1 is 1.10 bits per heavy atom. The van der Waals surface area contributed by atoms with Crippen LogP contribution in [0.5, 0.6) is 0 Å². The van der Waals surface area contributed by atoms with Crippen molar-refractivity contribution in [1.29, 1.82) is 0 Å². The summed E-state index contributed by atoms with van der Waals surface area (Å²) in [5, 5.41) is 4.61. The van der Waals surface area contributed by atoms with Gasteiger partial charge in [0, 0.05) is 56.0 Å². The number of carbonyl (C=O) groups is 1. The molecule has 1 atom stereocenters. The average Bonchev–Trinajstić information content (AvgIpc) is 3.38. The number of carbonyl (C=O) groups excluding carboxylic acids is 1. The van der Waals surface area contributed by atoms with E-state index in [9.17, 15) is 18.0 Å². The first kappa shape index (κ1) is 27.6. The fraction of sp³-hybridized carbons (Fsp3) is 0.345. The predicted octanol–water partition coefficient (Wildman–Crippen LogP) is 4.95. The van der Waals surface area contributed by atoms with E-state index in [1.54, 1.807) is 12.1 Å². The van der Waals surface area contributed by atoms with Crippen LogP contribution in [-0.2, 0) is 6.18 Å². The zero-order valence-electron chi connectivity index (χ0n) is 22.7. The number of hydrazine groups is 1. The fourth-order valence-electron chi connectivity index (χ4n) is 4.93. The number of benzene rings is 1. The van der Waals surface area contributed by atoms with Crippen molar-refractivity contribution in [3.63, 3.8) is 0 Å². The van der Waals surface area contributed by atoms with Crippen LogP contribution in [0, 0.1) is 6.92 Å². The molecule has 4 heterocycles. The summed E-state index contributed by atoms with van der Waals surface area (Å²) in [6.45, 7) is 8.00. The number of aryl methyl sites for hydroxylation is 1. The molecule has 2 N–H and O–H groups in total. The van der Waals surface area contributed by atoms with Crippen molar-refractivity contribution < 1.29 is 18.0 Å². The Bertz CT molecular complexity index is 1420. The number of alkyl halides is 3. The number of hydrogen-bond donors (Lipinski definition) is 2. The van der Waals surface area contributed by atoms with Gasteiger partial charge in [0.1, 0.15) is 5.69 Å². The highest BCUT2D eigenvalue weighted by Crippen LogP contribution is 2.33. The normalized spacial score (nSPS) is 18.1. The number of likely N-dealkylation sites (N-methyl/N-ethyl adjacent to an activating group) is 1. The van der Waals surface area contributed by atoms with Crippen molar-refractivity contribution in [2.24, 2.45) is 0 Å². The molecule has 0 radical (unpaired) electrons. The van der Waals surface area contributed by atoms with Crippen LogP contribution in [0.25, 0.3) is 5.57 Å². The third-order valence-electron chi connectivity index (χ3n) is 7.32. The number of halogens is 3. The summed E-state index contributed by atoms with van der Waals surface area (Å²) < 4.78 is 39.3. The van der Waals surface area contributed by atoms with Gasteiger partial charge in [-0.15, -0.1) is 0 Å². The number of nitrogens with zero attached hydrogens (tertiary/aromatic N) is 5. The van der Waals surface area contributed by atoms with Gasteiger partial charge in [-0.25, -0.2) is 5.43 Å². The number of piperazine rings is 1. The lowest BCUT2D eigenvalue weighted by atomic mass is 10.00. The van der Waals surface area contributed by atoms with Crippen LogP contribution in [0.3, 0.4) is 0 Å². The monoisotopic (exact) mass is 551 g/mol. The van der Waals surface area contributed by atoms with Crippen LogP contribution in [0.4, 0.5) is 30.2 Å². The largest absolute Gasteiger partial charge is 0.416 e. The van der Waals surface area contributed by atoms with Crippen LogP contribution in [0.15, 0.2) is 61.2 Å². The molecule has 1 aromatic carbocycles. The van der Waals surface area contributed by atoms with Crippen molar-refractivity contribution in [1.82, 2.24) is 20.3 Å². The summed E-state index contributed by atoms with van der Waals surface area (Å²) in [6, 6.07) is 9.18. The lowest BCUT2D eigenvalue weighted by Crippen LogP contribution is -2.44. The second-order valence-corrected chi connectivity index (χ2v) is 10.1. The molecule has 0 spiro atoms. The Morgan fingerprint density at radius 3 is 2.60 bits per heavy atom. The number of rotatable bonds is 6. The first-order valence-corrected chi connectivity index (χ1v) is 13.2. The number of nitrogens with one attached hydrogen (secondary N) is 2. The summed E-state index contributed by atoms with van der Waals surface area (Å²) in [5.74, 6) is -0.718. The standard InChI is InChI=1S/C29H32F3N7O/c1-4-25-24(20-13-23(17-33-16-20)38-11-9-37(3)10-12-38)18-39(36-25)27-15-22(6-5-19(27)2)35-28(40)26-14-21(7-8-34-26)29(30,31)32/h5-8,13-18,25,36H,4,9-12H2,1-3H3,(H,35,40). The molecule has 210 valence electrons. The van der Waals surface area contributed by atoms with Crippen LogP contribution in [0.2, 0.25) is 0 Å². The van der Waals surface area contributed by atoms with E-state index in [-0.39, 0.29) is 11.7 Å². The first-order valence-electron chi connectivity index (χ1n) is 13.2. The van der Waals surface area contributed by atoms with E-state index in [1.165, 1.54) is 0 Å². The van der Waals surface area contributed by atoms with Crippen molar-refractivity contribution >= 4 is 28.5 Å². The molecule has 1 amide bonds. The quantitative estimate of drug-likeness (QED) is 0.449. The van der Waals surface area contributed by atoms with Gasteiger partial charge in [0.05, 0.1) is 29.2 Å². The van der Waals surface area contributed by atoms with E-state index in [0.717, 1.165) is 79.0 Å². The highest BCUT2D eigenvalue weighted by molar-refractivity contribution is 6.03. The molecule has 8 nitrogen and oxygen atoms in total. The van der Waals surface area contributed by atoms with Gasteiger partial charge in [-0.3, -0.25) is 19.8 Å². The van der Waals surface area contributed by atoms with E-state index < -0.39 is 17.6 Å². The highest BCUT2D eigenvalue weighted by atomic mass is 19.4. The van der Waals surface area contributed by atoms with Gasteiger partial charge < -0.3 is 15.1 Å². The molecule has 2 aliphatic heterocycles. The average molecular weight is 552 g/mol. The Balaban J connectivity index is 1.38. The Hall–Kier alpha value is -3.96. The summed E-state index contributed by atoms with van der Waals surface area (Å²) in [7, 11) is 2.13. The van der Waals surface area contributed by atoms with Crippen molar-refractivity contribution in [2.45, 2.75) is 32.5 Å². The number of pyridine rings is 2. The summed E-state index contributed by atoms with van der Waals surface area (Å²) in [6.07, 6.45) is 3.10. The fourth-order valence-corrected chi connectivity index (χ4v) is 4.93. The topological polar surface area (TPSA) is 76.6 Å². The second-order valence-electron chi connectivity index (χ2n) is 10.1. The summed E-state index contributed by atoms with van der Waals surface area (Å²) in [4.78, 5) is 25.8. The van der Waals surface area contributed by atoms with E-state index >= 15 is 0 Å². The number of hydrogen-bond acceptors (Lipinski definition) is 7. The first-order chi connectivity index (χ1) is 19.1. The van der Waals surface area contributed by atoms with Gasteiger partial charge in [-0.05, 0) is 61.9 Å². The molecular formula is C29H32F3N7O. The van der Waals surface area contributed by atoms with Crippen molar-refractivity contribution in [3.05, 3.63) is 83.6 Å². The maximum absolute atomic E-state index is 13.1. The third kappa shape index (κ3) is 5.95. The molecule has 0 bridgehead atoms. The minimum Gasteiger partial charge on any atom is -0.368 e. The molecule has 1 saturated heterocycles. The second kappa shape index (κ2) is 11.3. The molecule has 2 aliphatic rings. The molecule has 1 unspecified atom stereocenters. The molecule has 3 aromatic rings. The lowest BCUT2D eigenvalue weighted by molar-refractivity contribution is -0.137.